The van der Waals surface area contributed by atoms with Crippen molar-refractivity contribution in [2.24, 2.45) is 0 Å². The van der Waals surface area contributed by atoms with Crippen molar-refractivity contribution >= 4 is 0 Å². The van der Waals surface area contributed by atoms with Gasteiger partial charge >= 0.3 is 0 Å². The molecule has 0 fully saturated rings. The fraction of sp³-hybridized carbons (Fsp3) is 0.348. The van der Waals surface area contributed by atoms with Crippen molar-refractivity contribution in [3.63, 3.8) is 0 Å². The second-order valence-electron chi connectivity index (χ2n) is 7.39. The van der Waals surface area contributed by atoms with Crippen molar-refractivity contribution in [2.45, 2.75) is 26.5 Å². The summed E-state index contributed by atoms with van der Waals surface area (Å²) in [6, 6.07) is 11.6. The van der Waals surface area contributed by atoms with Crippen LogP contribution in [0.2, 0.25) is 0 Å². The molecule has 0 spiro atoms. The first-order chi connectivity index (χ1) is 14.9. The molecule has 6 nitrogen and oxygen atoms in total. The van der Waals surface area contributed by atoms with E-state index in [4.69, 9.17) is 9.47 Å². The van der Waals surface area contributed by atoms with Gasteiger partial charge in [0.1, 0.15) is 17.4 Å². The van der Waals surface area contributed by atoms with Crippen LogP contribution in [0.15, 0.2) is 48.5 Å². The zero-order valence-electron chi connectivity index (χ0n) is 17.9. The number of halogens is 2. The fourth-order valence-corrected chi connectivity index (χ4v) is 3.25. The molecular formula is C23H27F2N3O3. The van der Waals surface area contributed by atoms with Gasteiger partial charge in [0.15, 0.2) is 0 Å². The molecule has 166 valence electrons. The molecule has 0 saturated heterocycles. The van der Waals surface area contributed by atoms with Crippen LogP contribution >= 0.6 is 0 Å². The first kappa shape index (κ1) is 22.9. The number of rotatable bonds is 10. The summed E-state index contributed by atoms with van der Waals surface area (Å²) in [6.07, 6.45) is -0.522. The van der Waals surface area contributed by atoms with Gasteiger partial charge in [-0.2, -0.15) is 5.10 Å². The van der Waals surface area contributed by atoms with E-state index in [0.29, 0.717) is 43.6 Å². The predicted octanol–water partition coefficient (Wildman–Crippen LogP) is 4.08. The van der Waals surface area contributed by atoms with E-state index < -0.39 is 6.10 Å². The van der Waals surface area contributed by atoms with Gasteiger partial charge < -0.3 is 14.6 Å². The summed E-state index contributed by atoms with van der Waals surface area (Å²) in [5, 5.41) is 14.5. The maximum Gasteiger partial charge on any atom is 0.227 e. The predicted molar refractivity (Wildman–Crippen MR) is 114 cm³/mol. The molecule has 0 bridgehead atoms. The number of hydrogen-bond donors (Lipinski definition) is 1. The lowest BCUT2D eigenvalue weighted by molar-refractivity contribution is 0.0934. The van der Waals surface area contributed by atoms with E-state index in [9.17, 15) is 13.9 Å². The fourth-order valence-electron chi connectivity index (χ4n) is 3.25. The third-order valence-electron chi connectivity index (χ3n) is 4.75. The van der Waals surface area contributed by atoms with Crippen LogP contribution in [-0.4, -0.2) is 52.7 Å². The summed E-state index contributed by atoms with van der Waals surface area (Å²) in [5.74, 6) is 0.184. The lowest BCUT2D eigenvalue weighted by Crippen LogP contribution is -2.33. The number of aromatic nitrogens is 2. The Balaban J connectivity index is 2.01. The van der Waals surface area contributed by atoms with Gasteiger partial charge in [0.05, 0.1) is 29.7 Å². The van der Waals surface area contributed by atoms with Gasteiger partial charge in [0.2, 0.25) is 5.88 Å². The Morgan fingerprint density at radius 2 is 1.68 bits per heavy atom. The second kappa shape index (κ2) is 10.5. The lowest BCUT2D eigenvalue weighted by atomic mass is 10.2. The molecular weight excluding hydrogens is 404 g/mol. The summed E-state index contributed by atoms with van der Waals surface area (Å²) in [7, 11) is 1.63. The van der Waals surface area contributed by atoms with E-state index in [-0.39, 0.29) is 11.6 Å². The number of methoxy groups -OCH3 is 1. The zero-order valence-corrected chi connectivity index (χ0v) is 17.9. The highest BCUT2D eigenvalue weighted by Gasteiger charge is 2.22. The van der Waals surface area contributed by atoms with Gasteiger partial charge in [-0.15, -0.1) is 0 Å². The van der Waals surface area contributed by atoms with Crippen molar-refractivity contribution in [1.82, 2.24) is 14.7 Å². The Hall–Kier alpha value is -2.81. The minimum atomic E-state index is -0.522. The van der Waals surface area contributed by atoms with E-state index in [1.807, 2.05) is 11.8 Å². The molecule has 8 heteroatoms. The third-order valence-corrected chi connectivity index (χ3v) is 4.75. The van der Waals surface area contributed by atoms with E-state index in [1.165, 1.54) is 36.4 Å². The molecule has 1 N–H and O–H groups in total. The molecule has 0 aliphatic rings. The lowest BCUT2D eigenvalue weighted by Gasteiger charge is -2.23. The first-order valence-corrected chi connectivity index (χ1v) is 10.0. The number of aliphatic hydroxyl groups excluding tert-OH is 1. The number of nitrogens with zero attached hydrogens (tertiary/aromatic N) is 3. The van der Waals surface area contributed by atoms with E-state index >= 15 is 0 Å². The zero-order chi connectivity index (χ0) is 22.4. The molecule has 31 heavy (non-hydrogen) atoms. The number of benzene rings is 2. The van der Waals surface area contributed by atoms with Gasteiger partial charge in [-0.25, -0.2) is 13.5 Å². The largest absolute Gasteiger partial charge is 0.439 e. The van der Waals surface area contributed by atoms with Gasteiger partial charge in [-0.3, -0.25) is 4.90 Å². The molecule has 0 saturated carbocycles. The maximum absolute atomic E-state index is 13.4. The molecule has 1 unspecified atom stereocenters. The highest BCUT2D eigenvalue weighted by atomic mass is 19.1. The van der Waals surface area contributed by atoms with Crippen LogP contribution in [0.3, 0.4) is 0 Å². The number of aliphatic hydroxyl groups is 1. The summed E-state index contributed by atoms with van der Waals surface area (Å²) in [5.41, 5.74) is 2.17. The van der Waals surface area contributed by atoms with Gasteiger partial charge in [-0.1, -0.05) is 0 Å². The molecule has 1 atom stereocenters. The molecule has 0 amide bonds. The van der Waals surface area contributed by atoms with Crippen molar-refractivity contribution < 1.29 is 23.4 Å². The van der Waals surface area contributed by atoms with Crippen molar-refractivity contribution in [3.05, 3.63) is 71.4 Å². The average molecular weight is 431 g/mol. The minimum Gasteiger partial charge on any atom is -0.439 e. The molecule has 0 aliphatic carbocycles. The van der Waals surface area contributed by atoms with Crippen LogP contribution in [0.4, 0.5) is 8.78 Å². The molecule has 2 aromatic carbocycles. The molecule has 3 rings (SSSR count). The topological polar surface area (TPSA) is 59.8 Å². The van der Waals surface area contributed by atoms with Crippen LogP contribution in [-0.2, 0) is 11.3 Å². The van der Waals surface area contributed by atoms with Crippen molar-refractivity contribution in [3.8, 4) is 17.3 Å². The van der Waals surface area contributed by atoms with Gasteiger partial charge in [0, 0.05) is 26.7 Å². The summed E-state index contributed by atoms with van der Waals surface area (Å²) in [6.45, 7) is 5.61. The Morgan fingerprint density at radius 3 is 2.26 bits per heavy atom. The van der Waals surface area contributed by atoms with E-state index in [2.05, 4.69) is 5.10 Å². The quantitative estimate of drug-likeness (QED) is 0.524. The monoisotopic (exact) mass is 431 g/mol. The van der Waals surface area contributed by atoms with E-state index in [0.717, 1.165) is 11.3 Å². The smallest absolute Gasteiger partial charge is 0.227 e. The minimum absolute atomic E-state index is 0.350. The third kappa shape index (κ3) is 6.10. The van der Waals surface area contributed by atoms with Crippen LogP contribution in [0.25, 0.3) is 5.69 Å². The maximum atomic E-state index is 13.4. The molecule has 1 heterocycles. The highest BCUT2D eigenvalue weighted by Crippen LogP contribution is 2.32. The Morgan fingerprint density at radius 1 is 1.06 bits per heavy atom. The van der Waals surface area contributed by atoms with E-state index in [1.54, 1.807) is 30.8 Å². The van der Waals surface area contributed by atoms with Crippen LogP contribution in [0.5, 0.6) is 11.6 Å². The Labute approximate surface area is 180 Å². The molecule has 1 aromatic heterocycles. The number of aryl methyl sites for hydroxylation is 1. The molecule has 0 aliphatic heterocycles. The van der Waals surface area contributed by atoms with Crippen LogP contribution < -0.4 is 4.74 Å². The van der Waals surface area contributed by atoms with Gasteiger partial charge in [0.25, 0.3) is 0 Å². The Kier molecular flexibility index (Phi) is 7.73. The van der Waals surface area contributed by atoms with Crippen molar-refractivity contribution in [1.29, 1.82) is 0 Å². The first-order valence-electron chi connectivity index (χ1n) is 10.0. The van der Waals surface area contributed by atoms with Crippen molar-refractivity contribution in [2.75, 3.05) is 26.8 Å². The normalized spacial score (nSPS) is 12.4. The molecule has 0 radical (unpaired) electrons. The summed E-state index contributed by atoms with van der Waals surface area (Å²) < 4.78 is 39.7. The summed E-state index contributed by atoms with van der Waals surface area (Å²) in [4.78, 5) is 2.05. The van der Waals surface area contributed by atoms with Gasteiger partial charge in [-0.05, 0) is 62.4 Å². The van der Waals surface area contributed by atoms with Crippen LogP contribution in [0.1, 0.15) is 18.2 Å². The average Bonchev–Trinajstić information content (AvgIpc) is 3.03. The SMILES string of the molecule is COCCN(Cc1c(C)nn(-c2ccc(F)cc2)c1Oc1ccc(F)cc1)CC(C)O. The highest BCUT2D eigenvalue weighted by molar-refractivity contribution is 5.43. The second-order valence-corrected chi connectivity index (χ2v) is 7.39. The standard InChI is InChI=1S/C23H27F2N3O3/c1-16(29)14-27(12-13-30-3)15-22-17(2)26-28(20-8-4-18(24)5-9-20)23(22)31-21-10-6-19(25)7-11-21/h4-11,16,29H,12-15H2,1-3H3. The number of ether oxygens (including phenoxy) is 2. The van der Waals surface area contributed by atoms with Crippen LogP contribution in [0, 0.1) is 18.6 Å². The Bertz CT molecular complexity index is 973. The summed E-state index contributed by atoms with van der Waals surface area (Å²) >= 11 is 0. The molecule has 3 aromatic rings. The number of hydrogen-bond acceptors (Lipinski definition) is 5.